The van der Waals surface area contributed by atoms with Crippen LogP contribution < -0.4 is 15.9 Å². The van der Waals surface area contributed by atoms with Crippen molar-refractivity contribution in [3.63, 3.8) is 0 Å². The van der Waals surface area contributed by atoms with Crippen LogP contribution in [0.1, 0.15) is 5.56 Å². The van der Waals surface area contributed by atoms with Crippen LogP contribution in [-0.2, 0) is 6.16 Å². The molecule has 0 amide bonds. The van der Waals surface area contributed by atoms with Crippen LogP contribution in [0.5, 0.6) is 0 Å². The first-order valence-corrected chi connectivity index (χ1v) is 12.3. The molecular weight excluding hydrogens is 343 g/mol. The summed E-state index contributed by atoms with van der Waals surface area (Å²) in [6.07, 6.45) is 1.02. The van der Waals surface area contributed by atoms with Crippen molar-refractivity contribution < 1.29 is 0 Å². The molecule has 0 unspecified atom stereocenters. The Morgan fingerprint density at radius 3 is 1.07 bits per heavy atom. The maximum atomic E-state index is 2.53. The van der Waals surface area contributed by atoms with Gasteiger partial charge < -0.3 is 0 Å². The summed E-state index contributed by atoms with van der Waals surface area (Å²) in [6, 6.07) is 44.3. The molecule has 27 heavy (non-hydrogen) atoms. The predicted octanol–water partition coefficient (Wildman–Crippen LogP) is 5.35. The van der Waals surface area contributed by atoms with E-state index in [0.717, 1.165) is 6.16 Å². The quantitative estimate of drug-likeness (QED) is 0.417. The van der Waals surface area contributed by atoms with Gasteiger partial charge in [-0.25, -0.2) is 0 Å². The van der Waals surface area contributed by atoms with Crippen molar-refractivity contribution in [1.29, 1.82) is 0 Å². The summed E-state index contributed by atoms with van der Waals surface area (Å²) in [7, 11) is 0. The molecule has 0 N–H and O–H groups in total. The molecule has 0 radical (unpaired) electrons. The fourth-order valence-electron chi connectivity index (χ4n) is 4.26. The first kappa shape index (κ1) is 17.7. The van der Waals surface area contributed by atoms with Gasteiger partial charge in [-0.15, -0.1) is 0 Å². The molecule has 4 aromatic rings. The average molecular weight is 368 g/mol. The van der Waals surface area contributed by atoms with Crippen molar-refractivity contribution >= 4 is 22.5 Å². The third-order valence-electron chi connectivity index (χ3n) is 5.79. The summed E-state index contributed by atoms with van der Waals surface area (Å²) in [5.41, 5.74) is 1.38. The van der Waals surface area contributed by atoms with Crippen LogP contribution in [0.2, 0.25) is 0 Å². The standard InChI is InChI=1S/C26H25P/c1-27(24-16-8-3-9-17-24,25-18-10-4-11-19-25,26-20-12-5-13-21-26)22-23-14-6-2-7-15-23/h2-21H,22H2,1H3. The van der Waals surface area contributed by atoms with Crippen LogP contribution in [0.25, 0.3) is 0 Å². The molecule has 0 atom stereocenters. The molecule has 1 heteroatoms. The van der Waals surface area contributed by atoms with E-state index in [0.29, 0.717) is 0 Å². The van der Waals surface area contributed by atoms with Gasteiger partial charge in [0, 0.05) is 0 Å². The second kappa shape index (κ2) is 7.14. The molecule has 4 rings (SSSR count). The second-order valence-electron chi connectivity index (χ2n) is 7.45. The van der Waals surface area contributed by atoms with Crippen molar-refractivity contribution in [2.75, 3.05) is 6.66 Å². The topological polar surface area (TPSA) is 0 Å². The fraction of sp³-hybridized carbons (Fsp3) is 0.0769. The summed E-state index contributed by atoms with van der Waals surface area (Å²) >= 11 is 0. The van der Waals surface area contributed by atoms with E-state index in [4.69, 9.17) is 0 Å². The zero-order valence-electron chi connectivity index (χ0n) is 15.7. The van der Waals surface area contributed by atoms with E-state index in [9.17, 15) is 0 Å². The number of hydrogen-bond acceptors (Lipinski definition) is 0. The van der Waals surface area contributed by atoms with Gasteiger partial charge in [-0.3, -0.25) is 0 Å². The van der Waals surface area contributed by atoms with E-state index in [-0.39, 0.29) is 0 Å². The Kier molecular flexibility index (Phi) is 4.68. The summed E-state index contributed by atoms with van der Waals surface area (Å²) < 4.78 is 0. The van der Waals surface area contributed by atoms with Crippen LogP contribution >= 0.6 is 6.60 Å². The summed E-state index contributed by atoms with van der Waals surface area (Å²) in [5, 5.41) is 4.30. The van der Waals surface area contributed by atoms with Crippen molar-refractivity contribution in [1.82, 2.24) is 0 Å². The van der Waals surface area contributed by atoms with E-state index >= 15 is 0 Å². The minimum atomic E-state index is -2.68. The number of benzene rings is 4. The minimum absolute atomic E-state index is 1.02. The van der Waals surface area contributed by atoms with Gasteiger partial charge in [0.25, 0.3) is 0 Å². The van der Waals surface area contributed by atoms with Crippen molar-refractivity contribution in [3.8, 4) is 0 Å². The Labute approximate surface area is 162 Å². The van der Waals surface area contributed by atoms with Gasteiger partial charge in [0.2, 0.25) is 0 Å². The summed E-state index contributed by atoms with van der Waals surface area (Å²) in [6.45, 7) is -0.152. The van der Waals surface area contributed by atoms with Gasteiger partial charge in [-0.2, -0.15) is 0 Å². The normalized spacial score (nSPS) is 12.9. The van der Waals surface area contributed by atoms with E-state index < -0.39 is 6.60 Å². The van der Waals surface area contributed by atoms with Crippen LogP contribution in [0, 0.1) is 0 Å². The van der Waals surface area contributed by atoms with Gasteiger partial charge in [0.15, 0.2) is 0 Å². The van der Waals surface area contributed by atoms with E-state index in [1.165, 1.54) is 21.5 Å². The van der Waals surface area contributed by atoms with Crippen LogP contribution in [0.15, 0.2) is 121 Å². The van der Waals surface area contributed by atoms with Crippen molar-refractivity contribution in [2.45, 2.75) is 6.16 Å². The number of rotatable bonds is 5. The molecule has 0 aromatic heterocycles. The first-order valence-electron chi connectivity index (χ1n) is 9.43. The number of hydrogen-bond donors (Lipinski definition) is 0. The Morgan fingerprint density at radius 2 is 0.741 bits per heavy atom. The molecule has 4 aromatic carbocycles. The zero-order valence-corrected chi connectivity index (χ0v) is 16.6. The second-order valence-corrected chi connectivity index (χ2v) is 12.9. The molecule has 0 spiro atoms. The molecule has 0 bridgehead atoms. The molecular formula is C26H25P. The van der Waals surface area contributed by atoms with E-state index in [1.54, 1.807) is 0 Å². The van der Waals surface area contributed by atoms with Crippen molar-refractivity contribution in [3.05, 3.63) is 127 Å². The molecule has 0 nitrogen and oxygen atoms in total. The molecule has 0 saturated heterocycles. The van der Waals surface area contributed by atoms with Gasteiger partial charge >= 0.3 is 162 Å². The van der Waals surface area contributed by atoms with Crippen LogP contribution in [0.3, 0.4) is 0 Å². The Hall–Kier alpha value is -2.69. The van der Waals surface area contributed by atoms with Gasteiger partial charge in [0.05, 0.1) is 0 Å². The fourth-order valence-corrected chi connectivity index (χ4v) is 9.76. The Balaban J connectivity index is 2.09. The van der Waals surface area contributed by atoms with Crippen LogP contribution in [-0.4, -0.2) is 6.66 Å². The van der Waals surface area contributed by atoms with E-state index in [1.807, 2.05) is 0 Å². The molecule has 0 aliphatic carbocycles. The molecule has 0 heterocycles. The van der Waals surface area contributed by atoms with Gasteiger partial charge in [-0.05, 0) is 0 Å². The van der Waals surface area contributed by atoms with Crippen molar-refractivity contribution in [2.24, 2.45) is 0 Å². The monoisotopic (exact) mass is 368 g/mol. The Morgan fingerprint density at radius 1 is 0.444 bits per heavy atom. The summed E-state index contributed by atoms with van der Waals surface area (Å²) in [5.74, 6) is 0. The predicted molar refractivity (Wildman–Crippen MR) is 121 cm³/mol. The third-order valence-corrected chi connectivity index (χ3v) is 12.0. The molecule has 134 valence electrons. The van der Waals surface area contributed by atoms with Crippen LogP contribution in [0.4, 0.5) is 0 Å². The third kappa shape index (κ3) is 3.01. The summed E-state index contributed by atoms with van der Waals surface area (Å²) in [4.78, 5) is 0. The average Bonchev–Trinajstić information content (AvgIpc) is 2.76. The van der Waals surface area contributed by atoms with E-state index in [2.05, 4.69) is 128 Å². The first-order chi connectivity index (χ1) is 13.2. The Bertz CT molecular complexity index is 894. The SMILES string of the molecule is CP(Cc1ccccc1)(c1ccccc1)(c1ccccc1)c1ccccc1. The van der Waals surface area contributed by atoms with Gasteiger partial charge in [-0.1, -0.05) is 0 Å². The molecule has 0 aliphatic heterocycles. The molecule has 0 fully saturated rings. The maximum absolute atomic E-state index is 2.68. The zero-order chi connectivity index (χ0) is 18.6. The molecule has 0 saturated carbocycles. The molecule has 0 aliphatic rings. The van der Waals surface area contributed by atoms with Gasteiger partial charge in [0.1, 0.15) is 0 Å².